The van der Waals surface area contributed by atoms with Gasteiger partial charge in [0, 0.05) is 6.20 Å². The molecule has 0 saturated carbocycles. The van der Waals surface area contributed by atoms with Crippen LogP contribution >= 0.6 is 11.6 Å². The summed E-state index contributed by atoms with van der Waals surface area (Å²) in [6, 6.07) is 0. The van der Waals surface area contributed by atoms with E-state index in [2.05, 4.69) is 5.10 Å². The summed E-state index contributed by atoms with van der Waals surface area (Å²) in [5.41, 5.74) is 1.98. The molecule has 0 saturated heterocycles. The maximum atomic E-state index is 10.7. The van der Waals surface area contributed by atoms with Gasteiger partial charge >= 0.3 is 0 Å². The van der Waals surface area contributed by atoms with Gasteiger partial charge in [-0.1, -0.05) is 11.6 Å². The molecule has 0 aromatic carbocycles. The fourth-order valence-electron chi connectivity index (χ4n) is 0.618. The molecule has 0 aliphatic rings. The predicted molar refractivity (Wildman–Crippen MR) is 39.6 cm³/mol. The molecular formula is C5H7ClN4O. The van der Waals surface area contributed by atoms with Crippen molar-refractivity contribution < 1.29 is 4.79 Å². The van der Waals surface area contributed by atoms with Crippen molar-refractivity contribution in [2.75, 3.05) is 0 Å². The molecule has 1 aromatic heterocycles. The van der Waals surface area contributed by atoms with E-state index in [0.29, 0.717) is 5.02 Å². The molecule has 11 heavy (non-hydrogen) atoms. The molecule has 60 valence electrons. The fraction of sp³-hybridized carbons (Fsp3) is 0.200. The molecule has 1 heterocycles. The van der Waals surface area contributed by atoms with Gasteiger partial charge in [-0.15, -0.1) is 0 Å². The SMILES string of the molecule is NNC(=O)Cn1cc(Cl)cn1. The lowest BCUT2D eigenvalue weighted by Crippen LogP contribution is -2.33. The Morgan fingerprint density at radius 2 is 2.64 bits per heavy atom. The maximum absolute atomic E-state index is 10.7. The van der Waals surface area contributed by atoms with Gasteiger partial charge in [0.25, 0.3) is 5.91 Å². The number of nitrogens with zero attached hydrogens (tertiary/aromatic N) is 2. The normalized spacial score (nSPS) is 9.64. The number of hydrogen-bond donors (Lipinski definition) is 2. The summed E-state index contributed by atoms with van der Waals surface area (Å²) in [6.45, 7) is 0.0865. The molecule has 0 atom stereocenters. The highest BCUT2D eigenvalue weighted by molar-refractivity contribution is 6.30. The monoisotopic (exact) mass is 174 g/mol. The minimum Gasteiger partial charge on any atom is -0.293 e. The average molecular weight is 175 g/mol. The molecule has 0 unspecified atom stereocenters. The summed E-state index contributed by atoms with van der Waals surface area (Å²) in [7, 11) is 0. The number of aromatic nitrogens is 2. The van der Waals surface area contributed by atoms with Crippen molar-refractivity contribution in [2.45, 2.75) is 6.54 Å². The van der Waals surface area contributed by atoms with Crippen molar-refractivity contribution in [3.63, 3.8) is 0 Å². The zero-order valence-electron chi connectivity index (χ0n) is 5.62. The lowest BCUT2D eigenvalue weighted by atomic mass is 10.6. The highest BCUT2D eigenvalue weighted by Crippen LogP contribution is 2.03. The fourth-order valence-corrected chi connectivity index (χ4v) is 0.774. The van der Waals surface area contributed by atoms with Gasteiger partial charge in [0.1, 0.15) is 6.54 Å². The number of amides is 1. The van der Waals surface area contributed by atoms with Gasteiger partial charge < -0.3 is 0 Å². The van der Waals surface area contributed by atoms with Crippen molar-refractivity contribution in [3.8, 4) is 0 Å². The van der Waals surface area contributed by atoms with Crippen LogP contribution in [0.15, 0.2) is 12.4 Å². The summed E-state index contributed by atoms with van der Waals surface area (Å²) in [5.74, 6) is 4.54. The van der Waals surface area contributed by atoms with Gasteiger partial charge in [-0.3, -0.25) is 14.9 Å². The Labute approximate surface area is 68.1 Å². The van der Waals surface area contributed by atoms with Crippen molar-refractivity contribution in [1.82, 2.24) is 15.2 Å². The van der Waals surface area contributed by atoms with Crippen LogP contribution in [0.4, 0.5) is 0 Å². The number of hydrogen-bond acceptors (Lipinski definition) is 3. The third-order valence-corrected chi connectivity index (χ3v) is 1.26. The molecule has 0 aliphatic heterocycles. The number of rotatable bonds is 2. The van der Waals surface area contributed by atoms with Gasteiger partial charge in [-0.25, -0.2) is 5.84 Å². The molecule has 6 heteroatoms. The first-order chi connectivity index (χ1) is 5.22. The van der Waals surface area contributed by atoms with E-state index in [0.717, 1.165) is 0 Å². The predicted octanol–water partition coefficient (Wildman–Crippen LogP) is -0.474. The quantitative estimate of drug-likeness (QED) is 0.362. The number of nitrogens with two attached hydrogens (primary N) is 1. The molecule has 1 rings (SSSR count). The second kappa shape index (κ2) is 3.36. The highest BCUT2D eigenvalue weighted by Gasteiger charge is 2.00. The van der Waals surface area contributed by atoms with Gasteiger partial charge in [0.2, 0.25) is 0 Å². The van der Waals surface area contributed by atoms with Gasteiger partial charge in [-0.05, 0) is 0 Å². The number of nitrogens with one attached hydrogen (secondary N) is 1. The third-order valence-electron chi connectivity index (χ3n) is 1.07. The van der Waals surface area contributed by atoms with Crippen molar-refractivity contribution >= 4 is 17.5 Å². The van der Waals surface area contributed by atoms with Crippen LogP contribution in [-0.2, 0) is 11.3 Å². The minimum atomic E-state index is -0.315. The van der Waals surface area contributed by atoms with E-state index in [4.69, 9.17) is 17.4 Å². The van der Waals surface area contributed by atoms with Gasteiger partial charge in [-0.2, -0.15) is 5.10 Å². The summed E-state index contributed by atoms with van der Waals surface area (Å²) < 4.78 is 1.39. The van der Waals surface area contributed by atoms with E-state index in [-0.39, 0.29) is 12.5 Å². The Morgan fingerprint density at radius 3 is 3.09 bits per heavy atom. The second-order valence-electron chi connectivity index (χ2n) is 1.92. The topological polar surface area (TPSA) is 72.9 Å². The first-order valence-corrected chi connectivity index (χ1v) is 3.27. The van der Waals surface area contributed by atoms with Crippen LogP contribution < -0.4 is 11.3 Å². The lowest BCUT2D eigenvalue weighted by Gasteiger charge is -1.97. The molecular weight excluding hydrogens is 168 g/mol. The lowest BCUT2D eigenvalue weighted by molar-refractivity contribution is -0.121. The Kier molecular flexibility index (Phi) is 2.45. The summed E-state index contributed by atoms with van der Waals surface area (Å²) in [4.78, 5) is 10.7. The number of carbonyl (C=O) groups is 1. The number of hydrazine groups is 1. The Morgan fingerprint density at radius 1 is 1.91 bits per heavy atom. The van der Waals surface area contributed by atoms with Crippen LogP contribution in [0, 0.1) is 0 Å². The third kappa shape index (κ3) is 2.21. The van der Waals surface area contributed by atoms with E-state index >= 15 is 0 Å². The highest BCUT2D eigenvalue weighted by atomic mass is 35.5. The summed E-state index contributed by atoms with van der Waals surface area (Å²) >= 11 is 5.54. The standard InChI is InChI=1S/C5H7ClN4O/c6-4-1-8-10(2-4)3-5(11)9-7/h1-2H,3,7H2,(H,9,11). The smallest absolute Gasteiger partial charge is 0.255 e. The molecule has 0 fully saturated rings. The van der Waals surface area contributed by atoms with E-state index in [1.807, 2.05) is 5.43 Å². The van der Waals surface area contributed by atoms with Crippen LogP contribution in [0.2, 0.25) is 5.02 Å². The molecule has 0 radical (unpaired) electrons. The summed E-state index contributed by atoms with van der Waals surface area (Å²) in [5, 5.41) is 4.27. The number of halogens is 1. The zero-order valence-corrected chi connectivity index (χ0v) is 6.38. The summed E-state index contributed by atoms with van der Waals surface area (Å²) in [6.07, 6.45) is 2.99. The van der Waals surface area contributed by atoms with Crippen molar-refractivity contribution in [1.29, 1.82) is 0 Å². The molecule has 0 spiro atoms. The molecule has 1 aromatic rings. The first-order valence-electron chi connectivity index (χ1n) is 2.90. The Balaban J connectivity index is 2.57. The molecule has 0 aliphatic carbocycles. The zero-order chi connectivity index (χ0) is 8.27. The second-order valence-corrected chi connectivity index (χ2v) is 2.36. The van der Waals surface area contributed by atoms with Crippen LogP contribution in [0.25, 0.3) is 0 Å². The van der Waals surface area contributed by atoms with Gasteiger partial charge in [0.15, 0.2) is 0 Å². The Hall–Kier alpha value is -1.07. The first kappa shape index (κ1) is 8.03. The average Bonchev–Trinajstić information content (AvgIpc) is 2.35. The molecule has 0 bridgehead atoms. The molecule has 5 nitrogen and oxygen atoms in total. The molecule has 1 amide bonds. The Bertz CT molecular complexity index is 259. The van der Waals surface area contributed by atoms with E-state index in [1.54, 1.807) is 0 Å². The van der Waals surface area contributed by atoms with Crippen LogP contribution in [0.3, 0.4) is 0 Å². The minimum absolute atomic E-state index is 0.0865. The maximum Gasteiger partial charge on any atom is 0.255 e. The van der Waals surface area contributed by atoms with E-state index in [9.17, 15) is 4.79 Å². The van der Waals surface area contributed by atoms with Crippen LogP contribution in [0.1, 0.15) is 0 Å². The van der Waals surface area contributed by atoms with E-state index in [1.165, 1.54) is 17.1 Å². The van der Waals surface area contributed by atoms with E-state index < -0.39 is 0 Å². The molecule has 3 N–H and O–H groups in total. The largest absolute Gasteiger partial charge is 0.293 e. The van der Waals surface area contributed by atoms with Crippen LogP contribution in [-0.4, -0.2) is 15.7 Å². The van der Waals surface area contributed by atoms with Crippen molar-refractivity contribution in [3.05, 3.63) is 17.4 Å². The number of carbonyl (C=O) groups excluding carboxylic acids is 1. The van der Waals surface area contributed by atoms with Crippen LogP contribution in [0.5, 0.6) is 0 Å². The van der Waals surface area contributed by atoms with Crippen molar-refractivity contribution in [2.24, 2.45) is 5.84 Å². The van der Waals surface area contributed by atoms with Gasteiger partial charge in [0.05, 0.1) is 11.2 Å².